The van der Waals surface area contributed by atoms with Gasteiger partial charge < -0.3 is 10.1 Å². The second-order valence-electron chi connectivity index (χ2n) is 4.14. The molecule has 0 aromatic heterocycles. The van der Waals surface area contributed by atoms with Crippen LogP contribution in [0.25, 0.3) is 0 Å². The zero-order valence-corrected chi connectivity index (χ0v) is 10.2. The van der Waals surface area contributed by atoms with Crippen molar-refractivity contribution in [2.75, 3.05) is 20.3 Å². The maximum atomic E-state index is 12.3. The molecule has 2 unspecified atom stereocenters. The number of halogens is 3. The van der Waals surface area contributed by atoms with E-state index in [0.717, 1.165) is 6.42 Å². The monoisotopic (exact) mass is 241 g/mol. The van der Waals surface area contributed by atoms with Gasteiger partial charge in [0.05, 0.1) is 6.42 Å². The molecule has 2 atom stereocenters. The van der Waals surface area contributed by atoms with Crippen LogP contribution in [-0.2, 0) is 4.74 Å². The number of methoxy groups -OCH3 is 1. The van der Waals surface area contributed by atoms with Gasteiger partial charge in [-0.2, -0.15) is 13.2 Å². The van der Waals surface area contributed by atoms with Crippen LogP contribution in [0.3, 0.4) is 0 Å². The van der Waals surface area contributed by atoms with Gasteiger partial charge in [0.15, 0.2) is 0 Å². The zero-order valence-electron chi connectivity index (χ0n) is 10.2. The Balaban J connectivity index is 4.17. The normalized spacial score (nSPS) is 16.1. The van der Waals surface area contributed by atoms with Crippen LogP contribution < -0.4 is 5.32 Å². The lowest BCUT2D eigenvalue weighted by Gasteiger charge is -2.26. The fourth-order valence-corrected chi connectivity index (χ4v) is 1.56. The van der Waals surface area contributed by atoms with Gasteiger partial charge in [0.25, 0.3) is 0 Å². The van der Waals surface area contributed by atoms with Gasteiger partial charge in [-0.1, -0.05) is 13.8 Å². The van der Waals surface area contributed by atoms with Gasteiger partial charge in [0, 0.05) is 19.8 Å². The molecule has 0 fully saturated rings. The average Bonchev–Trinajstić information content (AvgIpc) is 2.19. The minimum atomic E-state index is -4.10. The molecular formula is C11H22F3NO. The molecule has 16 heavy (non-hydrogen) atoms. The standard InChI is InChI=1S/C11H22F3NO/c1-4-6-15-10(8-11(12,13)14)9(2)5-7-16-3/h9-10,15H,4-8H2,1-3H3. The van der Waals surface area contributed by atoms with E-state index in [-0.39, 0.29) is 5.92 Å². The van der Waals surface area contributed by atoms with Crippen molar-refractivity contribution in [2.45, 2.75) is 45.3 Å². The topological polar surface area (TPSA) is 21.3 Å². The van der Waals surface area contributed by atoms with Gasteiger partial charge in [-0.3, -0.25) is 0 Å². The summed E-state index contributed by atoms with van der Waals surface area (Å²) in [6, 6.07) is -0.505. The summed E-state index contributed by atoms with van der Waals surface area (Å²) in [7, 11) is 1.56. The van der Waals surface area contributed by atoms with E-state index in [9.17, 15) is 13.2 Å². The van der Waals surface area contributed by atoms with E-state index in [4.69, 9.17) is 4.74 Å². The SMILES string of the molecule is CCCNC(CC(F)(F)F)C(C)CCOC. The first kappa shape index (κ1) is 15.7. The van der Waals surface area contributed by atoms with Crippen LogP contribution in [0.4, 0.5) is 13.2 Å². The molecule has 0 aliphatic carbocycles. The van der Waals surface area contributed by atoms with E-state index >= 15 is 0 Å². The van der Waals surface area contributed by atoms with Crippen molar-refractivity contribution in [2.24, 2.45) is 5.92 Å². The van der Waals surface area contributed by atoms with Gasteiger partial charge in [-0.15, -0.1) is 0 Å². The fraction of sp³-hybridized carbons (Fsp3) is 1.00. The van der Waals surface area contributed by atoms with Gasteiger partial charge in [-0.25, -0.2) is 0 Å². The highest BCUT2D eigenvalue weighted by Crippen LogP contribution is 2.25. The molecule has 2 nitrogen and oxygen atoms in total. The Morgan fingerprint density at radius 3 is 2.38 bits per heavy atom. The molecule has 0 saturated carbocycles. The van der Waals surface area contributed by atoms with Crippen molar-refractivity contribution in [3.05, 3.63) is 0 Å². The Kier molecular flexibility index (Phi) is 7.76. The van der Waals surface area contributed by atoms with E-state index in [1.807, 2.05) is 13.8 Å². The Labute approximate surface area is 95.5 Å². The Morgan fingerprint density at radius 2 is 1.94 bits per heavy atom. The Hall–Kier alpha value is -0.290. The maximum absolute atomic E-state index is 12.3. The van der Waals surface area contributed by atoms with Crippen molar-refractivity contribution < 1.29 is 17.9 Å². The number of rotatable bonds is 8. The van der Waals surface area contributed by atoms with Crippen LogP contribution in [0.1, 0.15) is 33.1 Å². The first-order valence-electron chi connectivity index (χ1n) is 5.69. The molecule has 0 heterocycles. The highest BCUT2D eigenvalue weighted by Gasteiger charge is 2.33. The Bertz CT molecular complexity index is 173. The molecule has 1 N–H and O–H groups in total. The van der Waals surface area contributed by atoms with Crippen molar-refractivity contribution >= 4 is 0 Å². The van der Waals surface area contributed by atoms with Crippen molar-refractivity contribution in [3.63, 3.8) is 0 Å². The van der Waals surface area contributed by atoms with Crippen LogP contribution in [0.5, 0.6) is 0 Å². The van der Waals surface area contributed by atoms with Crippen molar-refractivity contribution in [1.82, 2.24) is 5.32 Å². The first-order chi connectivity index (χ1) is 7.40. The quantitative estimate of drug-likeness (QED) is 0.705. The third-order valence-corrected chi connectivity index (χ3v) is 2.57. The van der Waals surface area contributed by atoms with Gasteiger partial charge >= 0.3 is 6.18 Å². The zero-order chi connectivity index (χ0) is 12.6. The molecule has 98 valence electrons. The summed E-state index contributed by atoms with van der Waals surface area (Å²) in [5.74, 6) is -0.0341. The van der Waals surface area contributed by atoms with E-state index in [0.29, 0.717) is 19.6 Å². The first-order valence-corrected chi connectivity index (χ1v) is 5.69. The molecule has 5 heteroatoms. The lowest BCUT2D eigenvalue weighted by Crippen LogP contribution is -2.39. The molecule has 0 amide bonds. The molecule has 0 spiro atoms. The number of alkyl halides is 3. The van der Waals surface area contributed by atoms with E-state index in [2.05, 4.69) is 5.32 Å². The summed E-state index contributed by atoms with van der Waals surface area (Å²) in [6.07, 6.45) is -3.38. The summed E-state index contributed by atoms with van der Waals surface area (Å²) in [5, 5.41) is 2.96. The van der Waals surface area contributed by atoms with Crippen molar-refractivity contribution in [3.8, 4) is 0 Å². The summed E-state index contributed by atoms with van der Waals surface area (Å²) in [5.41, 5.74) is 0. The van der Waals surface area contributed by atoms with Crippen LogP contribution in [0, 0.1) is 5.92 Å². The highest BCUT2D eigenvalue weighted by molar-refractivity contribution is 4.76. The van der Waals surface area contributed by atoms with Crippen LogP contribution >= 0.6 is 0 Å². The molecule has 0 aromatic carbocycles. The van der Waals surface area contributed by atoms with Gasteiger partial charge in [-0.05, 0) is 25.3 Å². The minimum Gasteiger partial charge on any atom is -0.385 e. The van der Waals surface area contributed by atoms with E-state index in [1.54, 1.807) is 7.11 Å². The average molecular weight is 241 g/mol. The van der Waals surface area contributed by atoms with E-state index < -0.39 is 18.6 Å². The second kappa shape index (κ2) is 7.90. The third-order valence-electron chi connectivity index (χ3n) is 2.57. The van der Waals surface area contributed by atoms with Crippen LogP contribution in [-0.4, -0.2) is 32.5 Å². The van der Waals surface area contributed by atoms with Crippen LogP contribution in [0.2, 0.25) is 0 Å². The number of ether oxygens (including phenoxy) is 1. The molecule has 0 bridgehead atoms. The number of hydrogen-bond acceptors (Lipinski definition) is 2. The lowest BCUT2D eigenvalue weighted by molar-refractivity contribution is -0.143. The lowest BCUT2D eigenvalue weighted by atomic mass is 9.95. The smallest absolute Gasteiger partial charge is 0.385 e. The minimum absolute atomic E-state index is 0.0341. The number of nitrogens with one attached hydrogen (secondary N) is 1. The summed E-state index contributed by atoms with van der Waals surface area (Å²) < 4.78 is 41.9. The molecular weight excluding hydrogens is 219 g/mol. The summed E-state index contributed by atoms with van der Waals surface area (Å²) in [4.78, 5) is 0. The van der Waals surface area contributed by atoms with Crippen LogP contribution in [0.15, 0.2) is 0 Å². The predicted octanol–water partition coefficient (Wildman–Crippen LogP) is 2.98. The fourth-order valence-electron chi connectivity index (χ4n) is 1.56. The van der Waals surface area contributed by atoms with Gasteiger partial charge in [0.1, 0.15) is 0 Å². The second-order valence-corrected chi connectivity index (χ2v) is 4.14. The predicted molar refractivity (Wildman–Crippen MR) is 58.4 cm³/mol. The number of hydrogen-bond donors (Lipinski definition) is 1. The maximum Gasteiger partial charge on any atom is 0.390 e. The van der Waals surface area contributed by atoms with Gasteiger partial charge in [0.2, 0.25) is 0 Å². The van der Waals surface area contributed by atoms with E-state index in [1.165, 1.54) is 0 Å². The Morgan fingerprint density at radius 1 is 1.31 bits per heavy atom. The molecule has 0 aliphatic heterocycles. The molecule has 0 saturated heterocycles. The molecule has 0 aliphatic rings. The highest BCUT2D eigenvalue weighted by atomic mass is 19.4. The summed E-state index contributed by atoms with van der Waals surface area (Å²) in [6.45, 7) is 4.90. The van der Waals surface area contributed by atoms with Crippen molar-refractivity contribution in [1.29, 1.82) is 0 Å². The largest absolute Gasteiger partial charge is 0.390 e. The molecule has 0 rings (SSSR count). The summed E-state index contributed by atoms with van der Waals surface area (Å²) >= 11 is 0. The molecule has 0 radical (unpaired) electrons. The third kappa shape index (κ3) is 7.93. The molecule has 0 aromatic rings.